The van der Waals surface area contributed by atoms with Crippen molar-refractivity contribution in [3.8, 4) is 5.75 Å². The number of aromatic hydroxyl groups is 1. The van der Waals surface area contributed by atoms with Crippen molar-refractivity contribution >= 4 is 35.2 Å². The van der Waals surface area contributed by atoms with Crippen LogP contribution in [0.2, 0.25) is 10.0 Å². The molecular formula is C23H32Cl2N2O5. The first-order valence-corrected chi connectivity index (χ1v) is 11.8. The molecule has 2 heterocycles. The average molecular weight is 487 g/mol. The van der Waals surface area contributed by atoms with Gasteiger partial charge in [0.25, 0.3) is 0 Å². The molecule has 0 unspecified atom stereocenters. The summed E-state index contributed by atoms with van der Waals surface area (Å²) < 4.78 is 5.42. The van der Waals surface area contributed by atoms with E-state index in [1.165, 1.54) is 12.1 Å². The Bertz CT molecular complexity index is 858. The smallest absolute Gasteiger partial charge is 0.410 e. The van der Waals surface area contributed by atoms with Crippen molar-refractivity contribution in [1.29, 1.82) is 0 Å². The fourth-order valence-corrected chi connectivity index (χ4v) is 4.88. The molecular weight excluding hydrogens is 455 g/mol. The summed E-state index contributed by atoms with van der Waals surface area (Å²) in [5, 5.41) is 21.6. The molecule has 1 aromatic rings. The van der Waals surface area contributed by atoms with Crippen molar-refractivity contribution in [1.82, 2.24) is 9.80 Å². The van der Waals surface area contributed by atoms with Gasteiger partial charge in [0, 0.05) is 31.7 Å². The number of likely N-dealkylation sites (tertiary alicyclic amines) is 2. The van der Waals surface area contributed by atoms with Crippen LogP contribution < -0.4 is 0 Å². The van der Waals surface area contributed by atoms with Crippen LogP contribution in [-0.2, 0) is 9.53 Å². The molecule has 2 aliphatic heterocycles. The third kappa shape index (κ3) is 5.80. The van der Waals surface area contributed by atoms with Crippen molar-refractivity contribution in [3.05, 3.63) is 27.7 Å². The SMILES string of the molecule is CC(C)(C)OC(=O)N1CC[C@H](C(=O)N2CCC[C@@H]([C@@H](O)c3c(O)ccc(Cl)c3Cl)CC2)C1. The van der Waals surface area contributed by atoms with Gasteiger partial charge in [-0.1, -0.05) is 23.2 Å². The first kappa shape index (κ1) is 24.9. The van der Waals surface area contributed by atoms with E-state index in [0.29, 0.717) is 45.4 Å². The number of rotatable bonds is 3. The van der Waals surface area contributed by atoms with Crippen LogP contribution in [-0.4, -0.2) is 63.8 Å². The highest BCUT2D eigenvalue weighted by Gasteiger charge is 2.37. The summed E-state index contributed by atoms with van der Waals surface area (Å²) in [6.45, 7) is 7.43. The lowest BCUT2D eigenvalue weighted by molar-refractivity contribution is -0.135. The van der Waals surface area contributed by atoms with Gasteiger partial charge >= 0.3 is 6.09 Å². The Hall–Kier alpha value is -1.70. The summed E-state index contributed by atoms with van der Waals surface area (Å²) in [4.78, 5) is 28.8. The maximum Gasteiger partial charge on any atom is 0.410 e. The molecule has 32 heavy (non-hydrogen) atoms. The number of benzene rings is 1. The van der Waals surface area contributed by atoms with Gasteiger partial charge in [0.05, 0.1) is 22.1 Å². The standard InChI is InChI=1S/C23H32Cl2N2O5/c1-23(2,3)32-22(31)27-12-9-15(13-27)21(30)26-10-4-5-14(8-11-26)20(29)18-17(28)7-6-16(24)19(18)25/h6-7,14-15,20,28-29H,4-5,8-13H2,1-3H3/t14-,15+,20-/m1/s1. The van der Waals surface area contributed by atoms with Gasteiger partial charge in [-0.2, -0.15) is 0 Å². The molecule has 9 heteroatoms. The molecule has 0 spiro atoms. The molecule has 3 atom stereocenters. The highest BCUT2D eigenvalue weighted by Crippen LogP contribution is 2.42. The Labute approximate surface area is 199 Å². The number of phenols is 1. The van der Waals surface area contributed by atoms with Crippen LogP contribution in [0.5, 0.6) is 5.75 Å². The Kier molecular flexibility index (Phi) is 7.84. The van der Waals surface area contributed by atoms with E-state index in [-0.39, 0.29) is 45.2 Å². The second-order valence-electron chi connectivity index (χ2n) is 9.67. The van der Waals surface area contributed by atoms with Gasteiger partial charge < -0.3 is 24.7 Å². The fraction of sp³-hybridized carbons (Fsp3) is 0.652. The quantitative estimate of drug-likeness (QED) is 0.650. The van der Waals surface area contributed by atoms with E-state index < -0.39 is 11.7 Å². The lowest BCUT2D eigenvalue weighted by atomic mass is 9.89. The molecule has 2 amide bonds. The van der Waals surface area contributed by atoms with Crippen LogP contribution in [0.1, 0.15) is 58.1 Å². The predicted molar refractivity (Wildman–Crippen MR) is 123 cm³/mol. The average Bonchev–Trinajstić information content (AvgIpc) is 3.08. The molecule has 0 radical (unpaired) electrons. The Balaban J connectivity index is 1.59. The van der Waals surface area contributed by atoms with Crippen LogP contribution in [0.25, 0.3) is 0 Å². The number of nitrogens with zero attached hydrogens (tertiary/aromatic N) is 2. The Morgan fingerprint density at radius 3 is 2.47 bits per heavy atom. The van der Waals surface area contributed by atoms with E-state index in [9.17, 15) is 19.8 Å². The van der Waals surface area contributed by atoms with E-state index in [1.54, 1.807) is 4.90 Å². The molecule has 2 N–H and O–H groups in total. The largest absolute Gasteiger partial charge is 0.508 e. The minimum Gasteiger partial charge on any atom is -0.508 e. The normalized spacial score (nSPS) is 23.1. The minimum absolute atomic E-state index is 0.0369. The molecule has 7 nitrogen and oxygen atoms in total. The zero-order valence-electron chi connectivity index (χ0n) is 18.8. The monoisotopic (exact) mass is 486 g/mol. The summed E-state index contributed by atoms with van der Waals surface area (Å²) in [5.74, 6) is -0.445. The van der Waals surface area contributed by atoms with Crippen LogP contribution in [0.4, 0.5) is 4.79 Å². The minimum atomic E-state index is -0.967. The molecule has 178 valence electrons. The topological polar surface area (TPSA) is 90.3 Å². The molecule has 0 aliphatic carbocycles. The molecule has 2 fully saturated rings. The van der Waals surface area contributed by atoms with Crippen molar-refractivity contribution in [2.75, 3.05) is 26.2 Å². The second-order valence-corrected chi connectivity index (χ2v) is 10.5. The van der Waals surface area contributed by atoms with E-state index >= 15 is 0 Å². The summed E-state index contributed by atoms with van der Waals surface area (Å²) in [6, 6.07) is 2.92. The van der Waals surface area contributed by atoms with Crippen molar-refractivity contribution in [3.63, 3.8) is 0 Å². The lowest BCUT2D eigenvalue weighted by Crippen LogP contribution is -2.40. The predicted octanol–water partition coefficient (Wildman–Crippen LogP) is 4.62. The van der Waals surface area contributed by atoms with E-state index in [0.717, 1.165) is 6.42 Å². The van der Waals surface area contributed by atoms with E-state index in [1.807, 2.05) is 25.7 Å². The number of aliphatic hydroxyl groups excluding tert-OH is 1. The summed E-state index contributed by atoms with van der Waals surface area (Å²) in [5.41, 5.74) is -0.326. The molecule has 2 aliphatic rings. The summed E-state index contributed by atoms with van der Waals surface area (Å²) >= 11 is 12.3. The van der Waals surface area contributed by atoms with Crippen molar-refractivity contribution in [2.24, 2.45) is 11.8 Å². The first-order chi connectivity index (χ1) is 15.0. The number of carbonyl (C=O) groups is 2. The third-order valence-electron chi connectivity index (χ3n) is 6.13. The highest BCUT2D eigenvalue weighted by atomic mass is 35.5. The molecule has 0 aromatic heterocycles. The summed E-state index contributed by atoms with van der Waals surface area (Å²) in [6.07, 6.45) is 1.27. The number of hydrogen-bond acceptors (Lipinski definition) is 5. The van der Waals surface area contributed by atoms with E-state index in [4.69, 9.17) is 27.9 Å². The number of amides is 2. The van der Waals surface area contributed by atoms with E-state index in [2.05, 4.69) is 0 Å². The first-order valence-electron chi connectivity index (χ1n) is 11.1. The maximum atomic E-state index is 13.1. The summed E-state index contributed by atoms with van der Waals surface area (Å²) in [7, 11) is 0. The molecule has 3 rings (SSSR count). The van der Waals surface area contributed by atoms with Gasteiger partial charge in [-0.25, -0.2) is 4.79 Å². The Morgan fingerprint density at radius 1 is 1.09 bits per heavy atom. The molecule has 0 saturated carbocycles. The zero-order chi connectivity index (χ0) is 23.6. The number of phenolic OH excluding ortho intramolecular Hbond substituents is 1. The number of aliphatic hydroxyl groups is 1. The van der Waals surface area contributed by atoms with Gasteiger partial charge in [-0.05, 0) is 64.5 Å². The van der Waals surface area contributed by atoms with Crippen molar-refractivity contribution < 1.29 is 24.5 Å². The van der Waals surface area contributed by atoms with Gasteiger partial charge in [-0.3, -0.25) is 4.79 Å². The number of ether oxygens (including phenoxy) is 1. The van der Waals surface area contributed by atoms with Crippen LogP contribution in [0, 0.1) is 11.8 Å². The fourth-order valence-electron chi connectivity index (χ4n) is 4.44. The molecule has 1 aromatic carbocycles. The van der Waals surface area contributed by atoms with Crippen LogP contribution in [0.15, 0.2) is 12.1 Å². The van der Waals surface area contributed by atoms with Gasteiger partial charge in [0.15, 0.2) is 0 Å². The highest BCUT2D eigenvalue weighted by molar-refractivity contribution is 6.42. The number of hydrogen-bond donors (Lipinski definition) is 2. The van der Waals surface area contributed by atoms with Crippen LogP contribution >= 0.6 is 23.2 Å². The number of halogens is 2. The van der Waals surface area contributed by atoms with Gasteiger partial charge in [0.2, 0.25) is 5.91 Å². The lowest BCUT2D eigenvalue weighted by Gasteiger charge is -2.26. The second kappa shape index (κ2) is 10.1. The van der Waals surface area contributed by atoms with Crippen LogP contribution in [0.3, 0.4) is 0 Å². The van der Waals surface area contributed by atoms with Gasteiger partial charge in [-0.15, -0.1) is 0 Å². The number of carbonyl (C=O) groups excluding carboxylic acids is 2. The third-order valence-corrected chi connectivity index (χ3v) is 6.94. The molecule has 2 saturated heterocycles. The van der Waals surface area contributed by atoms with Gasteiger partial charge in [0.1, 0.15) is 11.4 Å². The maximum absolute atomic E-state index is 13.1. The van der Waals surface area contributed by atoms with Crippen molar-refractivity contribution in [2.45, 2.75) is 58.2 Å². The zero-order valence-corrected chi connectivity index (χ0v) is 20.3. The Morgan fingerprint density at radius 2 is 1.78 bits per heavy atom. The molecule has 0 bridgehead atoms.